The highest BCUT2D eigenvalue weighted by atomic mass is 16.6. The lowest BCUT2D eigenvalue weighted by Crippen LogP contribution is -2.37. The number of nitrogens with zero attached hydrogens (tertiary/aromatic N) is 2. The molecule has 1 fully saturated rings. The Balaban J connectivity index is 1.36. The minimum Gasteiger partial charge on any atom is -0.377 e. The van der Waals surface area contributed by atoms with E-state index in [0.29, 0.717) is 103 Å². The quantitative estimate of drug-likeness (QED) is 0.470. The van der Waals surface area contributed by atoms with Gasteiger partial charge < -0.3 is 23.8 Å². The maximum Gasteiger partial charge on any atom is 0.261 e. The predicted octanol–water partition coefficient (Wildman–Crippen LogP) is 1.75. The molecule has 0 bridgehead atoms. The van der Waals surface area contributed by atoms with Crippen LogP contribution in [0, 0.1) is 0 Å². The molecule has 2 aliphatic rings. The van der Waals surface area contributed by atoms with Gasteiger partial charge in [0, 0.05) is 26.1 Å². The summed E-state index contributed by atoms with van der Waals surface area (Å²) in [6.45, 7) is 5.31. The highest BCUT2D eigenvalue weighted by Crippen LogP contribution is 2.22. The Kier molecular flexibility index (Phi) is 10.8. The Morgan fingerprint density at radius 2 is 1.18 bits per heavy atom. The largest absolute Gasteiger partial charge is 0.377 e. The molecule has 1 saturated heterocycles. The minimum absolute atomic E-state index is 0.0553. The lowest BCUT2D eigenvalue weighted by Gasteiger charge is -2.23. The molecule has 0 saturated carbocycles. The Labute approximate surface area is 194 Å². The molecule has 182 valence electrons. The van der Waals surface area contributed by atoms with Crippen LogP contribution in [0.25, 0.3) is 0 Å². The van der Waals surface area contributed by atoms with Crippen LogP contribution in [0.4, 0.5) is 0 Å². The van der Waals surface area contributed by atoms with E-state index in [1.807, 2.05) is 0 Å². The number of carbonyl (C=O) groups excluding carboxylic acids is 3. The molecule has 0 radical (unpaired) electrons. The van der Waals surface area contributed by atoms with Gasteiger partial charge in [-0.1, -0.05) is 18.6 Å². The molecule has 0 aromatic heterocycles. The molecule has 9 heteroatoms. The lowest BCUT2D eigenvalue weighted by molar-refractivity contribution is -0.133. The molecule has 9 nitrogen and oxygen atoms in total. The van der Waals surface area contributed by atoms with E-state index >= 15 is 0 Å². The highest BCUT2D eigenvalue weighted by Gasteiger charge is 2.34. The molecule has 1 aromatic rings. The van der Waals surface area contributed by atoms with Crippen molar-refractivity contribution in [1.82, 2.24) is 9.80 Å². The molecule has 1 aromatic carbocycles. The second kappa shape index (κ2) is 14.0. The molecule has 0 spiro atoms. The fraction of sp³-hybridized carbons (Fsp3) is 0.625. The van der Waals surface area contributed by atoms with E-state index in [-0.39, 0.29) is 17.7 Å². The normalized spacial score (nSPS) is 19.2. The van der Waals surface area contributed by atoms with Gasteiger partial charge in [-0.3, -0.25) is 19.3 Å². The molecule has 3 amide bonds. The van der Waals surface area contributed by atoms with Gasteiger partial charge in [-0.25, -0.2) is 0 Å². The van der Waals surface area contributed by atoms with Crippen molar-refractivity contribution in [2.24, 2.45) is 0 Å². The summed E-state index contributed by atoms with van der Waals surface area (Å²) in [4.78, 5) is 40.6. The van der Waals surface area contributed by atoms with Crippen LogP contribution in [0.15, 0.2) is 24.3 Å². The van der Waals surface area contributed by atoms with Crippen LogP contribution in [0.1, 0.15) is 46.4 Å². The molecule has 3 rings (SSSR count). The van der Waals surface area contributed by atoms with Crippen molar-refractivity contribution >= 4 is 17.7 Å². The van der Waals surface area contributed by atoms with E-state index in [1.54, 1.807) is 29.2 Å². The summed E-state index contributed by atoms with van der Waals surface area (Å²) >= 11 is 0. The summed E-state index contributed by atoms with van der Waals surface area (Å²) in [6, 6.07) is 6.89. The number of fused-ring (bicyclic) bond motifs is 1. The standard InChI is InChI=1S/C24H34N2O7/c27-22(25-10-12-30-14-16-32-18-19-33-17-15-31-13-11-25)8-2-1-5-9-26-23(28)20-6-3-4-7-21(20)24(26)29/h3-4,6-7H,1-2,5,8-19H2. The Hall–Kier alpha value is -2.33. The van der Waals surface area contributed by atoms with Crippen molar-refractivity contribution in [1.29, 1.82) is 0 Å². The van der Waals surface area contributed by atoms with E-state index < -0.39 is 0 Å². The number of rotatable bonds is 6. The summed E-state index contributed by atoms with van der Waals surface area (Å²) < 4.78 is 22.0. The average Bonchev–Trinajstić information content (AvgIpc) is 3.06. The highest BCUT2D eigenvalue weighted by molar-refractivity contribution is 6.21. The number of hydrogen-bond donors (Lipinski definition) is 0. The third kappa shape index (κ3) is 7.89. The van der Waals surface area contributed by atoms with Crippen molar-refractivity contribution in [3.63, 3.8) is 0 Å². The third-order valence-corrected chi connectivity index (χ3v) is 5.63. The van der Waals surface area contributed by atoms with Crippen LogP contribution in [0.5, 0.6) is 0 Å². The van der Waals surface area contributed by atoms with E-state index in [1.165, 1.54) is 4.90 Å². The van der Waals surface area contributed by atoms with Crippen LogP contribution in [0.2, 0.25) is 0 Å². The summed E-state index contributed by atoms with van der Waals surface area (Å²) in [7, 11) is 0. The molecule has 0 unspecified atom stereocenters. The number of ether oxygens (including phenoxy) is 4. The van der Waals surface area contributed by atoms with Crippen LogP contribution in [-0.2, 0) is 23.7 Å². The van der Waals surface area contributed by atoms with E-state index in [2.05, 4.69) is 0 Å². The van der Waals surface area contributed by atoms with E-state index in [0.717, 1.165) is 6.42 Å². The van der Waals surface area contributed by atoms with Gasteiger partial charge in [0.15, 0.2) is 0 Å². The van der Waals surface area contributed by atoms with Crippen LogP contribution >= 0.6 is 0 Å². The molecule has 0 aliphatic carbocycles. The van der Waals surface area contributed by atoms with E-state index in [4.69, 9.17) is 18.9 Å². The van der Waals surface area contributed by atoms with Gasteiger partial charge in [0.25, 0.3) is 11.8 Å². The van der Waals surface area contributed by atoms with Crippen LogP contribution in [0.3, 0.4) is 0 Å². The zero-order chi connectivity index (χ0) is 23.3. The predicted molar refractivity (Wildman–Crippen MR) is 120 cm³/mol. The number of hydrogen-bond acceptors (Lipinski definition) is 7. The number of carbonyl (C=O) groups is 3. The van der Waals surface area contributed by atoms with E-state index in [9.17, 15) is 14.4 Å². The van der Waals surface area contributed by atoms with Crippen LogP contribution in [-0.4, -0.2) is 100 Å². The van der Waals surface area contributed by atoms with Gasteiger partial charge in [0.2, 0.25) is 5.91 Å². The first-order valence-electron chi connectivity index (χ1n) is 11.7. The Morgan fingerprint density at radius 1 is 0.697 bits per heavy atom. The molecule has 0 atom stereocenters. The molecule has 0 N–H and O–H groups in total. The van der Waals surface area contributed by atoms with Gasteiger partial charge in [0.05, 0.1) is 64.0 Å². The second-order valence-corrected chi connectivity index (χ2v) is 7.95. The van der Waals surface area contributed by atoms with Crippen molar-refractivity contribution in [3.05, 3.63) is 35.4 Å². The first-order valence-corrected chi connectivity index (χ1v) is 11.7. The maximum absolute atomic E-state index is 12.7. The molecular formula is C24H34N2O7. The number of benzene rings is 1. The SMILES string of the molecule is O=C(CCCCCN1C(=O)c2ccccc2C1=O)N1CCOCCOCCOCCOCC1. The van der Waals surface area contributed by atoms with Crippen LogP contribution < -0.4 is 0 Å². The maximum atomic E-state index is 12.7. The third-order valence-electron chi connectivity index (χ3n) is 5.63. The smallest absolute Gasteiger partial charge is 0.261 e. The van der Waals surface area contributed by atoms with Crippen molar-refractivity contribution in [2.45, 2.75) is 25.7 Å². The summed E-state index contributed by atoms with van der Waals surface area (Å²) in [6.07, 6.45) is 2.54. The molecule has 2 heterocycles. The van der Waals surface area contributed by atoms with Gasteiger partial charge >= 0.3 is 0 Å². The zero-order valence-electron chi connectivity index (χ0n) is 19.2. The summed E-state index contributed by atoms with van der Waals surface area (Å²) in [5.41, 5.74) is 0.940. The Morgan fingerprint density at radius 3 is 1.70 bits per heavy atom. The van der Waals surface area contributed by atoms with Gasteiger partial charge in [-0.2, -0.15) is 0 Å². The fourth-order valence-electron chi connectivity index (χ4n) is 3.80. The number of unbranched alkanes of at least 4 members (excludes halogenated alkanes) is 2. The zero-order valence-corrected chi connectivity index (χ0v) is 19.2. The van der Waals surface area contributed by atoms with Gasteiger partial charge in [-0.15, -0.1) is 0 Å². The first kappa shape index (κ1) is 25.3. The number of amides is 3. The minimum atomic E-state index is -0.232. The average molecular weight is 463 g/mol. The first-order chi connectivity index (χ1) is 16.2. The summed E-state index contributed by atoms with van der Waals surface area (Å²) in [5.74, 6) is -0.409. The van der Waals surface area contributed by atoms with Crippen molar-refractivity contribution < 1.29 is 33.3 Å². The van der Waals surface area contributed by atoms with Crippen molar-refractivity contribution in [3.8, 4) is 0 Å². The van der Waals surface area contributed by atoms with Gasteiger partial charge in [-0.05, 0) is 25.0 Å². The fourth-order valence-corrected chi connectivity index (χ4v) is 3.80. The number of imide groups is 1. The van der Waals surface area contributed by atoms with Crippen molar-refractivity contribution in [2.75, 3.05) is 72.5 Å². The van der Waals surface area contributed by atoms with Gasteiger partial charge in [0.1, 0.15) is 0 Å². The molecular weight excluding hydrogens is 428 g/mol. The molecule has 33 heavy (non-hydrogen) atoms. The topological polar surface area (TPSA) is 94.6 Å². The summed E-state index contributed by atoms with van der Waals surface area (Å²) in [5, 5.41) is 0. The second-order valence-electron chi connectivity index (χ2n) is 7.95. The Bertz CT molecular complexity index is 735. The monoisotopic (exact) mass is 462 g/mol. The molecule has 2 aliphatic heterocycles. The lowest BCUT2D eigenvalue weighted by atomic mass is 10.1.